The van der Waals surface area contributed by atoms with Crippen LogP contribution in [0, 0.1) is 6.92 Å². The van der Waals surface area contributed by atoms with Crippen LogP contribution < -0.4 is 0 Å². The number of aryl methyl sites for hydroxylation is 2. The summed E-state index contributed by atoms with van der Waals surface area (Å²) in [4.78, 5) is 2.23. The standard InChI is InChI=1S/C16H20OS/c1-4-5-13-7-9-14(10-8-13)16(3,17)15-11-6-12(2)18-15/h6-11,17H,4-5H2,1-3H3. The molecule has 2 heteroatoms. The number of benzene rings is 1. The molecule has 18 heavy (non-hydrogen) atoms. The van der Waals surface area contributed by atoms with E-state index in [-0.39, 0.29) is 0 Å². The van der Waals surface area contributed by atoms with Crippen LogP contribution in [0.15, 0.2) is 36.4 Å². The molecule has 0 radical (unpaired) electrons. The molecule has 96 valence electrons. The average Bonchev–Trinajstić information content (AvgIpc) is 2.78. The molecule has 1 N–H and O–H groups in total. The zero-order valence-electron chi connectivity index (χ0n) is 11.2. The van der Waals surface area contributed by atoms with Gasteiger partial charge in [-0.1, -0.05) is 37.6 Å². The first-order valence-electron chi connectivity index (χ1n) is 6.42. The molecule has 0 aliphatic rings. The minimum absolute atomic E-state index is 0.885. The van der Waals surface area contributed by atoms with E-state index in [1.54, 1.807) is 11.3 Å². The van der Waals surface area contributed by atoms with Crippen LogP contribution in [0.5, 0.6) is 0 Å². The van der Waals surface area contributed by atoms with Gasteiger partial charge in [0.15, 0.2) is 0 Å². The fourth-order valence-electron chi connectivity index (χ4n) is 2.12. The van der Waals surface area contributed by atoms with Crippen molar-refractivity contribution in [3.8, 4) is 0 Å². The molecular formula is C16H20OS. The van der Waals surface area contributed by atoms with Crippen molar-refractivity contribution in [1.82, 2.24) is 0 Å². The van der Waals surface area contributed by atoms with Gasteiger partial charge in [0.1, 0.15) is 5.60 Å². The molecular weight excluding hydrogens is 240 g/mol. The molecule has 1 atom stereocenters. The van der Waals surface area contributed by atoms with Crippen LogP contribution in [0.1, 0.15) is 41.1 Å². The lowest BCUT2D eigenvalue weighted by Gasteiger charge is -2.22. The zero-order valence-corrected chi connectivity index (χ0v) is 12.1. The quantitative estimate of drug-likeness (QED) is 0.870. The van der Waals surface area contributed by atoms with E-state index in [0.29, 0.717) is 0 Å². The lowest BCUT2D eigenvalue weighted by atomic mass is 9.93. The third kappa shape index (κ3) is 2.65. The van der Waals surface area contributed by atoms with Gasteiger partial charge in [-0.05, 0) is 43.5 Å². The number of thiophene rings is 1. The Kier molecular flexibility index (Phi) is 3.88. The Bertz CT molecular complexity index is 508. The molecule has 0 fully saturated rings. The van der Waals surface area contributed by atoms with Gasteiger partial charge in [0.2, 0.25) is 0 Å². The van der Waals surface area contributed by atoms with Crippen molar-refractivity contribution in [3.05, 3.63) is 57.3 Å². The van der Waals surface area contributed by atoms with E-state index >= 15 is 0 Å². The van der Waals surface area contributed by atoms with Crippen LogP contribution >= 0.6 is 11.3 Å². The second kappa shape index (κ2) is 5.25. The second-order valence-corrected chi connectivity index (χ2v) is 6.22. The van der Waals surface area contributed by atoms with Gasteiger partial charge in [0, 0.05) is 9.75 Å². The summed E-state index contributed by atoms with van der Waals surface area (Å²) in [5.41, 5.74) is 1.41. The zero-order chi connectivity index (χ0) is 13.2. The molecule has 1 aromatic carbocycles. The summed E-state index contributed by atoms with van der Waals surface area (Å²) in [6.07, 6.45) is 2.25. The average molecular weight is 260 g/mol. The summed E-state index contributed by atoms with van der Waals surface area (Å²) in [6, 6.07) is 12.4. The van der Waals surface area contributed by atoms with Crippen LogP contribution in [0.2, 0.25) is 0 Å². The first kappa shape index (κ1) is 13.3. The number of hydrogen-bond donors (Lipinski definition) is 1. The summed E-state index contributed by atoms with van der Waals surface area (Å²) in [5, 5.41) is 10.7. The van der Waals surface area contributed by atoms with Crippen molar-refractivity contribution < 1.29 is 5.11 Å². The smallest absolute Gasteiger partial charge is 0.121 e. The van der Waals surface area contributed by atoms with Gasteiger partial charge in [0.25, 0.3) is 0 Å². The topological polar surface area (TPSA) is 20.2 Å². The van der Waals surface area contributed by atoms with Gasteiger partial charge < -0.3 is 5.11 Å². The van der Waals surface area contributed by atoms with Gasteiger partial charge >= 0.3 is 0 Å². The van der Waals surface area contributed by atoms with Crippen LogP contribution in [0.25, 0.3) is 0 Å². The third-order valence-electron chi connectivity index (χ3n) is 3.27. The Morgan fingerprint density at radius 3 is 2.28 bits per heavy atom. The highest BCUT2D eigenvalue weighted by atomic mass is 32.1. The Hall–Kier alpha value is -1.12. The van der Waals surface area contributed by atoms with Crippen molar-refractivity contribution in [1.29, 1.82) is 0 Å². The Morgan fingerprint density at radius 1 is 1.11 bits per heavy atom. The molecule has 1 nitrogen and oxygen atoms in total. The summed E-state index contributed by atoms with van der Waals surface area (Å²) in [7, 11) is 0. The van der Waals surface area contributed by atoms with Crippen LogP contribution in [-0.2, 0) is 12.0 Å². The molecule has 1 unspecified atom stereocenters. The summed E-state index contributed by atoms with van der Waals surface area (Å²) in [6.45, 7) is 6.11. The first-order chi connectivity index (χ1) is 8.54. The number of hydrogen-bond acceptors (Lipinski definition) is 2. The highest BCUT2D eigenvalue weighted by molar-refractivity contribution is 7.12. The van der Waals surface area contributed by atoms with Gasteiger partial charge in [-0.2, -0.15) is 0 Å². The highest BCUT2D eigenvalue weighted by Crippen LogP contribution is 2.33. The van der Waals surface area contributed by atoms with E-state index in [9.17, 15) is 5.11 Å². The molecule has 0 aliphatic heterocycles. The molecule has 0 amide bonds. The van der Waals surface area contributed by atoms with Crippen LogP contribution in [0.4, 0.5) is 0 Å². The van der Waals surface area contributed by atoms with Crippen LogP contribution in [0.3, 0.4) is 0 Å². The van der Waals surface area contributed by atoms with Crippen molar-refractivity contribution in [2.24, 2.45) is 0 Å². The largest absolute Gasteiger partial charge is 0.380 e. The van der Waals surface area contributed by atoms with E-state index in [1.807, 2.05) is 25.1 Å². The molecule has 0 bridgehead atoms. The fourth-order valence-corrected chi connectivity index (χ4v) is 3.06. The molecule has 1 aromatic heterocycles. The fraction of sp³-hybridized carbons (Fsp3) is 0.375. The van der Waals surface area contributed by atoms with E-state index in [1.165, 1.54) is 10.4 Å². The molecule has 2 rings (SSSR count). The molecule has 2 aromatic rings. The SMILES string of the molecule is CCCc1ccc(C(C)(O)c2ccc(C)s2)cc1. The molecule has 0 saturated heterocycles. The van der Waals surface area contributed by atoms with Gasteiger partial charge in [-0.25, -0.2) is 0 Å². The molecule has 0 spiro atoms. The Morgan fingerprint density at radius 2 is 1.78 bits per heavy atom. The Balaban J connectivity index is 2.29. The monoisotopic (exact) mass is 260 g/mol. The summed E-state index contributed by atoms with van der Waals surface area (Å²) in [5.74, 6) is 0. The van der Waals surface area contributed by atoms with Crippen molar-refractivity contribution in [2.75, 3.05) is 0 Å². The van der Waals surface area contributed by atoms with Gasteiger partial charge in [0.05, 0.1) is 0 Å². The molecule has 0 aliphatic carbocycles. The van der Waals surface area contributed by atoms with Crippen molar-refractivity contribution >= 4 is 11.3 Å². The van der Waals surface area contributed by atoms with Gasteiger partial charge in [-0.15, -0.1) is 11.3 Å². The minimum atomic E-state index is -0.885. The number of rotatable bonds is 4. The molecule has 1 heterocycles. The van der Waals surface area contributed by atoms with Gasteiger partial charge in [-0.3, -0.25) is 0 Å². The van der Waals surface area contributed by atoms with E-state index in [0.717, 1.165) is 23.3 Å². The van der Waals surface area contributed by atoms with E-state index in [2.05, 4.69) is 32.0 Å². The maximum Gasteiger partial charge on any atom is 0.121 e. The second-order valence-electron chi connectivity index (χ2n) is 4.93. The van der Waals surface area contributed by atoms with Crippen molar-refractivity contribution in [2.45, 2.75) is 39.2 Å². The highest BCUT2D eigenvalue weighted by Gasteiger charge is 2.26. The molecule has 0 saturated carbocycles. The third-order valence-corrected chi connectivity index (χ3v) is 4.49. The normalized spacial score (nSPS) is 14.4. The lowest BCUT2D eigenvalue weighted by Crippen LogP contribution is -2.21. The number of aliphatic hydroxyl groups is 1. The predicted molar refractivity (Wildman–Crippen MR) is 78.2 cm³/mol. The maximum absolute atomic E-state index is 10.7. The predicted octanol–water partition coefficient (Wildman–Crippen LogP) is 4.26. The Labute approximate surface area is 113 Å². The van der Waals surface area contributed by atoms with E-state index in [4.69, 9.17) is 0 Å². The van der Waals surface area contributed by atoms with Crippen LogP contribution in [-0.4, -0.2) is 5.11 Å². The summed E-state index contributed by atoms with van der Waals surface area (Å²) >= 11 is 1.65. The van der Waals surface area contributed by atoms with E-state index < -0.39 is 5.60 Å². The summed E-state index contributed by atoms with van der Waals surface area (Å²) < 4.78 is 0. The van der Waals surface area contributed by atoms with Crippen molar-refractivity contribution in [3.63, 3.8) is 0 Å². The first-order valence-corrected chi connectivity index (χ1v) is 7.24. The minimum Gasteiger partial charge on any atom is -0.380 e. The maximum atomic E-state index is 10.7. The lowest BCUT2D eigenvalue weighted by molar-refractivity contribution is 0.106.